The van der Waals surface area contributed by atoms with Gasteiger partial charge < -0.3 is 4.57 Å². The summed E-state index contributed by atoms with van der Waals surface area (Å²) in [5.41, 5.74) is 2.88. The van der Waals surface area contributed by atoms with Crippen molar-refractivity contribution >= 4 is 61.6 Å². The van der Waals surface area contributed by atoms with Gasteiger partial charge in [0.25, 0.3) is 5.56 Å². The van der Waals surface area contributed by atoms with Gasteiger partial charge in [0.1, 0.15) is 5.65 Å². The predicted molar refractivity (Wildman–Crippen MR) is 119 cm³/mol. The van der Waals surface area contributed by atoms with Crippen molar-refractivity contribution < 1.29 is 0 Å². The van der Waals surface area contributed by atoms with E-state index in [1.165, 1.54) is 4.40 Å². The Morgan fingerprint density at radius 1 is 0.966 bits per heavy atom. The first-order chi connectivity index (χ1) is 13.9. The molecule has 0 N–H and O–H groups in total. The Bertz CT molecular complexity index is 1620. The van der Waals surface area contributed by atoms with Gasteiger partial charge in [-0.1, -0.05) is 23.2 Å². The Balaban J connectivity index is 2.04. The van der Waals surface area contributed by atoms with E-state index in [0.717, 1.165) is 11.1 Å². The number of rotatable bonds is 1. The van der Waals surface area contributed by atoms with Gasteiger partial charge in [0.2, 0.25) is 0 Å². The molecule has 29 heavy (non-hydrogen) atoms. The summed E-state index contributed by atoms with van der Waals surface area (Å²) in [4.78, 5) is 30.9. The van der Waals surface area contributed by atoms with E-state index in [1.807, 2.05) is 30.5 Å². The average Bonchev–Trinajstić information content (AvgIpc) is 2.69. The zero-order valence-corrected chi connectivity index (χ0v) is 17.2. The first-order valence-electron chi connectivity index (χ1n) is 9.17. The third-order valence-corrected chi connectivity index (χ3v) is 6.00. The highest BCUT2D eigenvalue weighted by molar-refractivity contribution is 6.32. The van der Waals surface area contributed by atoms with E-state index < -0.39 is 0 Å². The van der Waals surface area contributed by atoms with Crippen LogP contribution in [0.3, 0.4) is 0 Å². The van der Waals surface area contributed by atoms with Gasteiger partial charge in [-0.05, 0) is 49.7 Å². The maximum atomic E-state index is 13.3. The normalized spacial score (nSPS) is 11.9. The minimum Gasteiger partial charge on any atom is -0.340 e. The molecular formula is C22H15Cl2N3O2. The smallest absolute Gasteiger partial charge is 0.265 e. The highest BCUT2D eigenvalue weighted by Crippen LogP contribution is 2.27. The molecule has 0 aliphatic heterocycles. The van der Waals surface area contributed by atoms with E-state index in [9.17, 15) is 9.59 Å². The zero-order valence-electron chi connectivity index (χ0n) is 15.7. The molecule has 0 bridgehead atoms. The molecule has 0 fully saturated rings. The van der Waals surface area contributed by atoms with Gasteiger partial charge in [-0.15, -0.1) is 0 Å². The van der Waals surface area contributed by atoms with E-state index in [0.29, 0.717) is 49.4 Å². The van der Waals surface area contributed by atoms with Crippen molar-refractivity contribution in [3.8, 4) is 0 Å². The molecule has 5 nitrogen and oxygen atoms in total. The third kappa shape index (κ3) is 2.58. The van der Waals surface area contributed by atoms with Crippen molar-refractivity contribution in [2.75, 3.05) is 0 Å². The van der Waals surface area contributed by atoms with Crippen molar-refractivity contribution in [2.45, 2.75) is 20.4 Å². The van der Waals surface area contributed by atoms with Gasteiger partial charge in [-0.3, -0.25) is 14.0 Å². The van der Waals surface area contributed by atoms with Crippen LogP contribution in [0.5, 0.6) is 0 Å². The monoisotopic (exact) mass is 423 g/mol. The maximum absolute atomic E-state index is 13.3. The fraction of sp³-hybridized carbons (Fsp3) is 0.136. The molecule has 2 aromatic carbocycles. The molecule has 3 aromatic heterocycles. The fourth-order valence-corrected chi connectivity index (χ4v) is 4.22. The molecule has 0 aliphatic rings. The molecule has 144 valence electrons. The molecule has 7 heteroatoms. The summed E-state index contributed by atoms with van der Waals surface area (Å²) >= 11 is 12.4. The second-order valence-corrected chi connectivity index (χ2v) is 7.91. The molecule has 3 heterocycles. The third-order valence-electron chi connectivity index (χ3n) is 5.36. The van der Waals surface area contributed by atoms with Crippen LogP contribution < -0.4 is 11.0 Å². The van der Waals surface area contributed by atoms with Crippen LogP contribution in [0.1, 0.15) is 12.5 Å². The molecule has 5 aromatic rings. The van der Waals surface area contributed by atoms with E-state index >= 15 is 0 Å². The number of hydrogen-bond donors (Lipinski definition) is 0. The van der Waals surface area contributed by atoms with Crippen LogP contribution in [0, 0.1) is 6.92 Å². The standard InChI is InChI=1S/C22H15Cl2N3O2/c1-3-26-18-9-13-17(25-20-7-12(23)4-5-27(20)22(13)29)8-15(18)21(28)14-6-11(2)16(24)10-19(14)26/h4-10H,3H2,1-2H3. The lowest BCUT2D eigenvalue weighted by Crippen LogP contribution is -2.17. The lowest BCUT2D eigenvalue weighted by atomic mass is 10.1. The summed E-state index contributed by atoms with van der Waals surface area (Å²) < 4.78 is 3.46. The van der Waals surface area contributed by atoms with Crippen LogP contribution in [0.4, 0.5) is 0 Å². The van der Waals surface area contributed by atoms with Crippen molar-refractivity contribution in [3.63, 3.8) is 0 Å². The largest absolute Gasteiger partial charge is 0.340 e. The van der Waals surface area contributed by atoms with Gasteiger partial charge in [0, 0.05) is 39.6 Å². The first-order valence-corrected chi connectivity index (χ1v) is 9.92. The number of nitrogens with zero attached hydrogens (tertiary/aromatic N) is 3. The molecule has 0 saturated heterocycles. The van der Waals surface area contributed by atoms with Gasteiger partial charge in [0.05, 0.1) is 21.9 Å². The second kappa shape index (κ2) is 6.31. The van der Waals surface area contributed by atoms with Crippen molar-refractivity contribution in [2.24, 2.45) is 0 Å². The van der Waals surface area contributed by atoms with Crippen LogP contribution in [0.25, 0.3) is 38.4 Å². The number of halogens is 2. The van der Waals surface area contributed by atoms with Gasteiger partial charge in [-0.2, -0.15) is 0 Å². The molecule has 0 spiro atoms. The summed E-state index contributed by atoms with van der Waals surface area (Å²) in [6.45, 7) is 4.49. The van der Waals surface area contributed by atoms with E-state index in [2.05, 4.69) is 4.98 Å². The molecular weight excluding hydrogens is 409 g/mol. The summed E-state index contributed by atoms with van der Waals surface area (Å²) in [6, 6.07) is 10.4. The number of aryl methyl sites for hydroxylation is 2. The van der Waals surface area contributed by atoms with Crippen LogP contribution in [0.15, 0.2) is 52.2 Å². The van der Waals surface area contributed by atoms with Gasteiger partial charge in [-0.25, -0.2) is 4.98 Å². The van der Waals surface area contributed by atoms with E-state index in [4.69, 9.17) is 23.2 Å². The van der Waals surface area contributed by atoms with Crippen LogP contribution in [0.2, 0.25) is 10.0 Å². The first kappa shape index (κ1) is 18.2. The van der Waals surface area contributed by atoms with E-state index in [1.54, 1.807) is 30.5 Å². The molecule has 0 atom stereocenters. The lowest BCUT2D eigenvalue weighted by molar-refractivity contribution is 0.821. The Hall–Kier alpha value is -2.89. The molecule has 5 rings (SSSR count). The SMILES string of the molecule is CCn1c2cc(Cl)c(C)cc2c(=O)c2cc3nc4cc(Cl)ccn4c(=O)c3cc21. The number of pyridine rings is 2. The van der Waals surface area contributed by atoms with Crippen molar-refractivity contribution in [3.05, 3.63) is 78.8 Å². The summed E-state index contributed by atoms with van der Waals surface area (Å²) in [5, 5.41) is 2.65. The Morgan fingerprint density at radius 3 is 2.45 bits per heavy atom. The van der Waals surface area contributed by atoms with Crippen molar-refractivity contribution in [1.82, 2.24) is 14.0 Å². The molecule has 0 radical (unpaired) electrons. The number of fused-ring (bicyclic) bond motifs is 4. The minimum atomic E-state index is -0.208. The fourth-order valence-electron chi connectivity index (χ4n) is 3.91. The molecule has 0 aliphatic carbocycles. The molecule has 0 saturated carbocycles. The molecule has 0 unspecified atom stereocenters. The van der Waals surface area contributed by atoms with Gasteiger partial charge in [0.15, 0.2) is 5.43 Å². The second-order valence-electron chi connectivity index (χ2n) is 7.07. The van der Waals surface area contributed by atoms with Crippen LogP contribution >= 0.6 is 23.2 Å². The number of hydrogen-bond acceptors (Lipinski definition) is 3. The average molecular weight is 424 g/mol. The quantitative estimate of drug-likeness (QED) is 0.358. The lowest BCUT2D eigenvalue weighted by Gasteiger charge is -2.15. The number of aromatic nitrogens is 3. The summed E-state index contributed by atoms with van der Waals surface area (Å²) in [5.74, 6) is 0. The highest BCUT2D eigenvalue weighted by atomic mass is 35.5. The van der Waals surface area contributed by atoms with Gasteiger partial charge >= 0.3 is 0 Å². The Labute approximate surface area is 174 Å². The summed E-state index contributed by atoms with van der Waals surface area (Å²) in [7, 11) is 0. The summed E-state index contributed by atoms with van der Waals surface area (Å²) in [6.07, 6.45) is 1.60. The maximum Gasteiger partial charge on any atom is 0.265 e. The van der Waals surface area contributed by atoms with E-state index in [-0.39, 0.29) is 11.0 Å². The van der Waals surface area contributed by atoms with Crippen LogP contribution in [-0.4, -0.2) is 14.0 Å². The Kier molecular flexibility index (Phi) is 3.95. The number of benzene rings is 2. The minimum absolute atomic E-state index is 0.102. The predicted octanol–water partition coefficient (Wildman–Crippen LogP) is 4.95. The van der Waals surface area contributed by atoms with Crippen LogP contribution in [-0.2, 0) is 6.54 Å². The highest BCUT2D eigenvalue weighted by Gasteiger charge is 2.15. The topological polar surface area (TPSA) is 56.4 Å². The Morgan fingerprint density at radius 2 is 1.69 bits per heavy atom. The molecule has 0 amide bonds. The van der Waals surface area contributed by atoms with Crippen molar-refractivity contribution in [1.29, 1.82) is 0 Å². The zero-order chi connectivity index (χ0) is 20.4.